The summed E-state index contributed by atoms with van der Waals surface area (Å²) in [5.74, 6) is 0.614. The van der Waals surface area contributed by atoms with Crippen molar-refractivity contribution < 1.29 is 9.84 Å². The van der Waals surface area contributed by atoms with Crippen LogP contribution in [0.15, 0.2) is 28.4 Å². The van der Waals surface area contributed by atoms with Gasteiger partial charge in [0, 0.05) is 37.7 Å². The first-order valence-electron chi connectivity index (χ1n) is 10.2. The van der Waals surface area contributed by atoms with Gasteiger partial charge in [0.25, 0.3) is 5.56 Å². The van der Waals surface area contributed by atoms with Crippen molar-refractivity contribution in [3.8, 4) is 11.1 Å². The van der Waals surface area contributed by atoms with Crippen LogP contribution in [0.4, 0.5) is 0 Å². The third-order valence-corrected chi connectivity index (χ3v) is 5.99. The Morgan fingerprint density at radius 3 is 2.70 bits per heavy atom. The highest BCUT2D eigenvalue weighted by atomic mass is 32.1. The summed E-state index contributed by atoms with van der Waals surface area (Å²) < 4.78 is 5.15. The molecular formula is C23H31N3O3S. The summed E-state index contributed by atoms with van der Waals surface area (Å²) in [4.78, 5) is 23.5. The number of hydrogen-bond acceptors (Lipinski definition) is 6. The van der Waals surface area contributed by atoms with Crippen molar-refractivity contribution in [1.82, 2.24) is 14.9 Å². The van der Waals surface area contributed by atoms with Crippen molar-refractivity contribution in [2.75, 3.05) is 26.8 Å². The quantitative estimate of drug-likeness (QED) is 0.505. The van der Waals surface area contributed by atoms with Crippen molar-refractivity contribution in [2.24, 2.45) is 0 Å². The van der Waals surface area contributed by atoms with Crippen molar-refractivity contribution in [1.29, 1.82) is 0 Å². The van der Waals surface area contributed by atoms with Gasteiger partial charge in [-0.25, -0.2) is 4.98 Å². The van der Waals surface area contributed by atoms with Crippen molar-refractivity contribution in [2.45, 2.75) is 46.3 Å². The van der Waals surface area contributed by atoms with Gasteiger partial charge in [0.15, 0.2) is 0 Å². The van der Waals surface area contributed by atoms with Crippen LogP contribution in [0.2, 0.25) is 0 Å². The Labute approximate surface area is 181 Å². The smallest absolute Gasteiger partial charge is 0.260 e. The van der Waals surface area contributed by atoms with Crippen LogP contribution in [0.5, 0.6) is 0 Å². The van der Waals surface area contributed by atoms with Crippen molar-refractivity contribution in [3.05, 3.63) is 50.9 Å². The van der Waals surface area contributed by atoms with E-state index in [-0.39, 0.29) is 5.56 Å². The predicted octanol–water partition coefficient (Wildman–Crippen LogP) is 3.88. The van der Waals surface area contributed by atoms with E-state index in [1.165, 1.54) is 22.5 Å². The van der Waals surface area contributed by atoms with Gasteiger partial charge in [-0.3, -0.25) is 9.69 Å². The second kappa shape index (κ2) is 9.39. The molecule has 2 N–H and O–H groups in total. The highest BCUT2D eigenvalue weighted by Crippen LogP contribution is 2.31. The third-order valence-electron chi connectivity index (χ3n) is 5.12. The summed E-state index contributed by atoms with van der Waals surface area (Å²) in [5, 5.41) is 12.9. The number of aliphatic hydroxyl groups is 1. The molecule has 3 rings (SSSR count). The van der Waals surface area contributed by atoms with Crippen LogP contribution in [0.3, 0.4) is 0 Å². The lowest BCUT2D eigenvalue weighted by atomic mass is 10.0. The topological polar surface area (TPSA) is 78.5 Å². The van der Waals surface area contributed by atoms with Gasteiger partial charge in [-0.2, -0.15) is 0 Å². The summed E-state index contributed by atoms with van der Waals surface area (Å²) in [5.41, 5.74) is 3.43. The molecule has 0 unspecified atom stereocenters. The molecule has 2 aromatic heterocycles. The number of rotatable bonds is 9. The molecule has 0 saturated carbocycles. The largest absolute Gasteiger partial charge is 0.389 e. The first-order chi connectivity index (χ1) is 14.2. The molecule has 0 aliphatic heterocycles. The molecule has 3 aromatic rings. The summed E-state index contributed by atoms with van der Waals surface area (Å²) in [6, 6.07) is 6.25. The van der Waals surface area contributed by atoms with Crippen LogP contribution >= 0.6 is 11.3 Å². The normalized spacial score (nSPS) is 12.2. The monoisotopic (exact) mass is 429 g/mol. The Bertz CT molecular complexity index is 1070. The third kappa shape index (κ3) is 5.55. The number of aromatic amines is 1. The zero-order valence-corrected chi connectivity index (χ0v) is 19.2. The van der Waals surface area contributed by atoms with E-state index in [1.807, 2.05) is 5.38 Å². The molecule has 2 heterocycles. The molecule has 30 heavy (non-hydrogen) atoms. The van der Waals surface area contributed by atoms with Crippen molar-refractivity contribution in [3.63, 3.8) is 0 Å². The first-order valence-corrected chi connectivity index (χ1v) is 11.1. The Morgan fingerprint density at radius 1 is 1.27 bits per heavy atom. The van der Waals surface area contributed by atoms with E-state index in [2.05, 4.69) is 41.9 Å². The average molecular weight is 430 g/mol. The van der Waals surface area contributed by atoms with Crippen LogP contribution in [0.25, 0.3) is 21.3 Å². The predicted molar refractivity (Wildman–Crippen MR) is 123 cm³/mol. The van der Waals surface area contributed by atoms with Gasteiger partial charge < -0.3 is 14.8 Å². The Balaban J connectivity index is 1.90. The molecule has 1 aromatic carbocycles. The molecule has 0 spiro atoms. The van der Waals surface area contributed by atoms with Gasteiger partial charge in [0.1, 0.15) is 10.7 Å². The summed E-state index contributed by atoms with van der Waals surface area (Å²) in [6.45, 7) is 10.1. The lowest BCUT2D eigenvalue weighted by Gasteiger charge is -2.28. The Kier molecular flexibility index (Phi) is 7.08. The molecule has 0 atom stereocenters. The highest BCUT2D eigenvalue weighted by molar-refractivity contribution is 7.17. The molecule has 0 aliphatic rings. The van der Waals surface area contributed by atoms with E-state index in [1.54, 1.807) is 21.0 Å². The first kappa shape index (κ1) is 22.6. The lowest BCUT2D eigenvalue weighted by molar-refractivity contribution is 0.0298. The van der Waals surface area contributed by atoms with Gasteiger partial charge >= 0.3 is 0 Å². The minimum absolute atomic E-state index is 0.121. The van der Waals surface area contributed by atoms with E-state index < -0.39 is 5.60 Å². The molecule has 0 aliphatic carbocycles. The van der Waals surface area contributed by atoms with Gasteiger partial charge in [-0.1, -0.05) is 18.2 Å². The number of aryl methyl sites for hydroxylation is 2. The van der Waals surface area contributed by atoms with Crippen molar-refractivity contribution >= 4 is 21.6 Å². The number of benzene rings is 1. The van der Waals surface area contributed by atoms with Gasteiger partial charge in [0.05, 0.1) is 17.5 Å². The van der Waals surface area contributed by atoms with Gasteiger partial charge in [-0.15, -0.1) is 11.3 Å². The van der Waals surface area contributed by atoms with E-state index in [9.17, 15) is 9.90 Å². The van der Waals surface area contributed by atoms with Crippen LogP contribution < -0.4 is 5.56 Å². The number of hydrogen-bond donors (Lipinski definition) is 2. The molecular weight excluding hydrogens is 398 g/mol. The van der Waals surface area contributed by atoms with Crippen LogP contribution in [0.1, 0.15) is 37.2 Å². The second-order valence-electron chi connectivity index (χ2n) is 8.51. The van der Waals surface area contributed by atoms with E-state index in [4.69, 9.17) is 9.72 Å². The molecule has 0 amide bonds. The molecule has 0 saturated heterocycles. The standard InChI is InChI=1S/C23H31N3O3S/c1-15-7-8-17(11-16(15)2)18-13-30-22-20(18)21(27)24-19(25-22)12-26(9-6-10-29-5)14-23(3,4)28/h7-8,11,13,28H,6,9-10,12,14H2,1-5H3,(H,24,25,27). The minimum atomic E-state index is -0.836. The van der Waals surface area contributed by atoms with E-state index in [0.717, 1.165) is 28.9 Å². The van der Waals surface area contributed by atoms with E-state index in [0.29, 0.717) is 30.9 Å². The fourth-order valence-corrected chi connectivity index (χ4v) is 4.56. The van der Waals surface area contributed by atoms with E-state index >= 15 is 0 Å². The zero-order valence-electron chi connectivity index (χ0n) is 18.4. The Hall–Kier alpha value is -2.06. The number of aromatic nitrogens is 2. The SMILES string of the molecule is COCCCN(Cc1nc2scc(-c3ccc(C)c(C)c3)c2c(=O)[nH]1)CC(C)(C)O. The van der Waals surface area contributed by atoms with Gasteiger partial charge in [0.2, 0.25) is 0 Å². The Morgan fingerprint density at radius 2 is 2.03 bits per heavy atom. The fourth-order valence-electron chi connectivity index (χ4n) is 3.60. The number of nitrogens with one attached hydrogen (secondary N) is 1. The second-order valence-corrected chi connectivity index (χ2v) is 9.37. The molecule has 6 nitrogen and oxygen atoms in total. The average Bonchev–Trinajstić information content (AvgIpc) is 3.07. The number of nitrogens with zero attached hydrogens (tertiary/aromatic N) is 2. The molecule has 0 bridgehead atoms. The number of H-pyrrole nitrogens is 1. The molecule has 7 heteroatoms. The lowest BCUT2D eigenvalue weighted by Crippen LogP contribution is -2.39. The molecule has 0 fully saturated rings. The maximum atomic E-state index is 13.0. The molecule has 0 radical (unpaired) electrons. The maximum Gasteiger partial charge on any atom is 0.260 e. The van der Waals surface area contributed by atoms with Crippen LogP contribution in [-0.2, 0) is 11.3 Å². The minimum Gasteiger partial charge on any atom is -0.389 e. The zero-order chi connectivity index (χ0) is 21.9. The number of ether oxygens (including phenoxy) is 1. The highest BCUT2D eigenvalue weighted by Gasteiger charge is 2.20. The van der Waals surface area contributed by atoms with Crippen LogP contribution in [-0.4, -0.2) is 52.4 Å². The number of fused-ring (bicyclic) bond motifs is 1. The summed E-state index contributed by atoms with van der Waals surface area (Å²) in [7, 11) is 1.68. The summed E-state index contributed by atoms with van der Waals surface area (Å²) in [6.07, 6.45) is 0.842. The molecule has 162 valence electrons. The summed E-state index contributed by atoms with van der Waals surface area (Å²) >= 11 is 1.49. The van der Waals surface area contributed by atoms with Gasteiger partial charge in [-0.05, 0) is 50.8 Å². The van der Waals surface area contributed by atoms with Crippen LogP contribution in [0, 0.1) is 13.8 Å². The number of methoxy groups -OCH3 is 1. The number of thiophene rings is 1. The maximum absolute atomic E-state index is 13.0. The fraction of sp³-hybridized carbons (Fsp3) is 0.478.